The number of nitrogens with zero attached hydrogens (tertiary/aromatic N) is 1. The van der Waals surface area contributed by atoms with Crippen molar-refractivity contribution in [3.05, 3.63) is 59.3 Å². The first-order chi connectivity index (χ1) is 14.1. The van der Waals surface area contributed by atoms with E-state index in [1.165, 1.54) is 0 Å². The third kappa shape index (κ3) is 7.03. The highest BCUT2D eigenvalue weighted by atomic mass is 16.3. The number of pyridine rings is 1. The van der Waals surface area contributed by atoms with Gasteiger partial charge < -0.3 is 21.5 Å². The Labute approximate surface area is 170 Å². The van der Waals surface area contributed by atoms with Gasteiger partial charge in [-0.15, -0.1) is 0 Å². The van der Waals surface area contributed by atoms with Gasteiger partial charge in [0.15, 0.2) is 5.78 Å². The van der Waals surface area contributed by atoms with Gasteiger partial charge in [-0.2, -0.15) is 0 Å². The number of rotatable bonds is 9. The van der Waals surface area contributed by atoms with Crippen LogP contribution in [0.5, 0.6) is 0 Å². The van der Waals surface area contributed by atoms with Gasteiger partial charge in [0.25, 0.3) is 5.91 Å². The third-order valence-electron chi connectivity index (χ3n) is 4.18. The summed E-state index contributed by atoms with van der Waals surface area (Å²) in [7, 11) is 0. The molecular weight excluding hydrogens is 368 g/mol. The molecule has 5 N–H and O–H groups in total. The minimum Gasteiger partial charge on any atom is -0.388 e. The number of nitrogens with one attached hydrogen (secondary N) is 2. The first-order valence-electron chi connectivity index (χ1n) is 9.54. The highest BCUT2D eigenvalue weighted by molar-refractivity contribution is 5.98. The van der Waals surface area contributed by atoms with Crippen LogP contribution in [0.1, 0.15) is 41.3 Å². The fraction of sp³-hybridized carbons (Fsp3) is 0.318. The molecule has 1 heterocycles. The van der Waals surface area contributed by atoms with Crippen molar-refractivity contribution in [2.24, 2.45) is 5.73 Å². The van der Waals surface area contributed by atoms with E-state index >= 15 is 0 Å². The number of ketones is 1. The lowest BCUT2D eigenvalue weighted by molar-refractivity contribution is -0.123. The molecule has 0 spiro atoms. The van der Waals surface area contributed by atoms with Crippen LogP contribution < -0.4 is 16.4 Å². The molecule has 29 heavy (non-hydrogen) atoms. The Balaban J connectivity index is 1.97. The molecule has 0 radical (unpaired) electrons. The zero-order valence-electron chi connectivity index (χ0n) is 16.4. The van der Waals surface area contributed by atoms with Crippen molar-refractivity contribution in [3.8, 4) is 11.8 Å². The highest BCUT2D eigenvalue weighted by Gasteiger charge is 2.18. The summed E-state index contributed by atoms with van der Waals surface area (Å²) in [5, 5.41) is 14.7. The van der Waals surface area contributed by atoms with E-state index in [0.29, 0.717) is 5.56 Å². The topological polar surface area (TPSA) is 117 Å². The second-order valence-corrected chi connectivity index (χ2v) is 6.43. The number of aliphatic hydroxyl groups excluding tert-OH is 1. The predicted octanol–water partition coefficient (Wildman–Crippen LogP) is 1.31. The summed E-state index contributed by atoms with van der Waals surface area (Å²) < 4.78 is 0. The lowest BCUT2D eigenvalue weighted by Crippen LogP contribution is -2.46. The largest absolute Gasteiger partial charge is 0.388 e. The van der Waals surface area contributed by atoms with Gasteiger partial charge in [-0.1, -0.05) is 25.2 Å². The number of nitrogens with two attached hydrogens (primary N) is 1. The standard InChI is InChI=1S/C22H26N4O3/c1-2-3-12-24-21-11-8-17(14-25-21)5-4-16-6-9-18(10-7-16)22(29)26-19(13-23)20(28)15-27/h6-11,14,19,27H,2-3,12-13,15,23H2,1H3,(H,24,25)(H,26,29)/t19-/m0/s1. The van der Waals surface area contributed by atoms with Gasteiger partial charge >= 0.3 is 0 Å². The molecule has 2 aromatic rings. The average Bonchev–Trinajstić information content (AvgIpc) is 2.76. The van der Waals surface area contributed by atoms with E-state index in [1.807, 2.05) is 12.1 Å². The summed E-state index contributed by atoms with van der Waals surface area (Å²) in [6.07, 6.45) is 3.95. The van der Waals surface area contributed by atoms with E-state index in [9.17, 15) is 9.59 Å². The normalized spacial score (nSPS) is 11.1. The van der Waals surface area contributed by atoms with Crippen molar-refractivity contribution in [2.45, 2.75) is 25.8 Å². The molecule has 0 saturated heterocycles. The van der Waals surface area contributed by atoms with Crippen LogP contribution >= 0.6 is 0 Å². The molecule has 0 bridgehead atoms. The van der Waals surface area contributed by atoms with Gasteiger partial charge in [-0.05, 0) is 42.8 Å². The summed E-state index contributed by atoms with van der Waals surface area (Å²) >= 11 is 0. The number of amides is 1. The fourth-order valence-corrected chi connectivity index (χ4v) is 2.44. The number of aliphatic hydroxyl groups is 1. The van der Waals surface area contributed by atoms with E-state index in [4.69, 9.17) is 10.8 Å². The Kier molecular flexibility index (Phi) is 8.83. The quantitative estimate of drug-likeness (QED) is 0.376. The Morgan fingerprint density at radius 2 is 1.83 bits per heavy atom. The van der Waals surface area contributed by atoms with E-state index in [1.54, 1.807) is 30.5 Å². The van der Waals surface area contributed by atoms with Crippen molar-refractivity contribution in [1.82, 2.24) is 10.3 Å². The molecule has 2 rings (SSSR count). The molecule has 0 aliphatic heterocycles. The van der Waals surface area contributed by atoms with Gasteiger partial charge in [-0.3, -0.25) is 9.59 Å². The second kappa shape index (κ2) is 11.6. The molecule has 0 fully saturated rings. The average molecular weight is 394 g/mol. The predicted molar refractivity (Wildman–Crippen MR) is 112 cm³/mol. The Morgan fingerprint density at radius 1 is 1.14 bits per heavy atom. The molecule has 1 aromatic carbocycles. The van der Waals surface area contributed by atoms with Crippen LogP contribution in [0.15, 0.2) is 42.6 Å². The molecule has 0 aliphatic carbocycles. The van der Waals surface area contributed by atoms with Crippen LogP contribution in [0.4, 0.5) is 5.82 Å². The van der Waals surface area contributed by atoms with Crippen molar-refractivity contribution in [2.75, 3.05) is 25.0 Å². The van der Waals surface area contributed by atoms with Crippen molar-refractivity contribution in [3.63, 3.8) is 0 Å². The van der Waals surface area contributed by atoms with E-state index in [2.05, 4.69) is 34.4 Å². The molecule has 7 heteroatoms. The second-order valence-electron chi connectivity index (χ2n) is 6.43. The number of hydrogen-bond acceptors (Lipinski definition) is 6. The molecule has 1 amide bonds. The van der Waals surface area contributed by atoms with E-state index < -0.39 is 24.3 Å². The lowest BCUT2D eigenvalue weighted by Gasteiger charge is -2.14. The number of aromatic nitrogens is 1. The van der Waals surface area contributed by atoms with Crippen LogP contribution in [-0.2, 0) is 4.79 Å². The fourth-order valence-electron chi connectivity index (χ4n) is 2.44. The maximum atomic E-state index is 12.2. The maximum Gasteiger partial charge on any atom is 0.251 e. The van der Waals surface area contributed by atoms with Gasteiger partial charge in [0.2, 0.25) is 0 Å². The number of hydrogen-bond donors (Lipinski definition) is 4. The zero-order chi connectivity index (χ0) is 21.1. The Bertz CT molecular complexity index is 868. The summed E-state index contributed by atoms with van der Waals surface area (Å²) in [5.74, 6) is 5.94. The Hall–Kier alpha value is -3.21. The summed E-state index contributed by atoms with van der Waals surface area (Å²) in [6.45, 7) is 2.30. The molecule has 1 atom stereocenters. The minimum absolute atomic E-state index is 0.0738. The smallest absolute Gasteiger partial charge is 0.251 e. The maximum absolute atomic E-state index is 12.2. The van der Waals surface area contributed by atoms with Crippen molar-refractivity contribution < 1.29 is 14.7 Å². The number of anilines is 1. The van der Waals surface area contributed by atoms with Crippen LogP contribution in [0, 0.1) is 11.8 Å². The lowest BCUT2D eigenvalue weighted by atomic mass is 10.1. The molecule has 152 valence electrons. The van der Waals surface area contributed by atoms with Crippen LogP contribution in [0.25, 0.3) is 0 Å². The van der Waals surface area contributed by atoms with E-state index in [-0.39, 0.29) is 6.54 Å². The first-order valence-corrected chi connectivity index (χ1v) is 9.54. The number of Topliss-reactive ketones (excluding diaryl/α,β-unsaturated/α-hetero) is 1. The summed E-state index contributed by atoms with van der Waals surface area (Å²) in [4.78, 5) is 28.0. The molecule has 7 nitrogen and oxygen atoms in total. The van der Waals surface area contributed by atoms with Gasteiger partial charge in [0.05, 0.1) is 0 Å². The van der Waals surface area contributed by atoms with E-state index in [0.717, 1.165) is 36.3 Å². The van der Waals surface area contributed by atoms with Gasteiger partial charge in [0.1, 0.15) is 18.5 Å². The van der Waals surface area contributed by atoms with Crippen LogP contribution in [-0.4, -0.2) is 47.5 Å². The molecule has 1 aromatic heterocycles. The Morgan fingerprint density at radius 3 is 2.41 bits per heavy atom. The highest BCUT2D eigenvalue weighted by Crippen LogP contribution is 2.07. The monoisotopic (exact) mass is 394 g/mol. The van der Waals surface area contributed by atoms with Gasteiger partial charge in [0, 0.05) is 36.0 Å². The molecular formula is C22H26N4O3. The molecule has 0 unspecified atom stereocenters. The third-order valence-corrected chi connectivity index (χ3v) is 4.18. The minimum atomic E-state index is -0.904. The van der Waals surface area contributed by atoms with Crippen LogP contribution in [0.2, 0.25) is 0 Å². The number of carbonyl (C=O) groups excluding carboxylic acids is 2. The molecule has 0 aliphatic rings. The number of benzene rings is 1. The zero-order valence-corrected chi connectivity index (χ0v) is 16.4. The van der Waals surface area contributed by atoms with Crippen LogP contribution in [0.3, 0.4) is 0 Å². The van der Waals surface area contributed by atoms with Crippen molar-refractivity contribution >= 4 is 17.5 Å². The molecule has 0 saturated carbocycles. The van der Waals surface area contributed by atoms with Gasteiger partial charge in [-0.25, -0.2) is 4.98 Å². The summed E-state index contributed by atoms with van der Waals surface area (Å²) in [5.41, 5.74) is 7.38. The van der Waals surface area contributed by atoms with Crippen molar-refractivity contribution in [1.29, 1.82) is 0 Å². The SMILES string of the molecule is CCCCNc1ccc(C#Cc2ccc(C(=O)N[C@@H](CN)C(=O)CO)cc2)cn1. The first kappa shape index (κ1) is 22.1. The number of carbonyl (C=O) groups is 2. The summed E-state index contributed by atoms with van der Waals surface area (Å²) in [6, 6.07) is 9.59. The number of unbranched alkanes of at least 4 members (excludes halogenated alkanes) is 1.